The number of nitrogens with zero attached hydrogens (tertiary/aromatic N) is 3. The largest absolute Gasteiger partial charge is 0.375 e. The fraction of sp³-hybridized carbons (Fsp3) is 0.714. The third kappa shape index (κ3) is 2.81. The van der Waals surface area contributed by atoms with Crippen LogP contribution in [0, 0.1) is 0 Å². The van der Waals surface area contributed by atoms with Crippen molar-refractivity contribution in [3.8, 4) is 0 Å². The Bertz CT molecular complexity index is 761. The van der Waals surface area contributed by atoms with Crippen LogP contribution in [0.3, 0.4) is 0 Å². The lowest BCUT2D eigenvalue weighted by molar-refractivity contribution is -0.0796. The molecule has 1 unspecified atom stereocenters. The van der Waals surface area contributed by atoms with Gasteiger partial charge < -0.3 is 15.4 Å². The first kappa shape index (κ1) is 16.2. The number of nitrogen functional groups attached to an aromatic ring is 1. The molecule has 0 bridgehead atoms. The maximum Gasteiger partial charge on any atom is 0.265 e. The lowest BCUT2D eigenvalue weighted by Gasteiger charge is -2.39. The monoisotopic (exact) mass is 372 g/mol. The van der Waals surface area contributed by atoms with Crippen LogP contribution in [0.1, 0.15) is 28.9 Å². The topological polar surface area (TPSA) is 106 Å². The van der Waals surface area contributed by atoms with E-state index in [1.165, 1.54) is 6.20 Å². The average Bonchev–Trinajstić information content (AvgIpc) is 3.23. The van der Waals surface area contributed by atoms with Crippen LogP contribution >= 0.6 is 11.3 Å². The summed E-state index contributed by atoms with van der Waals surface area (Å²) in [5.74, 6) is -0.119. The van der Waals surface area contributed by atoms with E-state index >= 15 is 0 Å². The standard InChI is InChI=1S/C14H20N4O4S2/c15-13-16-7-11(23-13)12(19)17-4-3-14(8-17)9-18(5-6-22-14)24(20,21)10-1-2-10/h7,10H,1-6,8-9H2,(H2,15,16). The SMILES string of the molecule is Nc1ncc(C(=O)N2CCC3(C2)CN(S(=O)(=O)C2CC2)CCO3)s1. The zero-order chi connectivity index (χ0) is 16.9. The van der Waals surface area contributed by atoms with Gasteiger partial charge in [0, 0.05) is 19.6 Å². The van der Waals surface area contributed by atoms with Gasteiger partial charge in [0.1, 0.15) is 10.5 Å². The van der Waals surface area contributed by atoms with Crippen LogP contribution in [0.2, 0.25) is 0 Å². The molecule has 3 heterocycles. The minimum absolute atomic E-state index is 0.119. The Labute approximate surface area is 144 Å². The zero-order valence-corrected chi connectivity index (χ0v) is 14.8. The summed E-state index contributed by atoms with van der Waals surface area (Å²) in [6, 6.07) is 0. The predicted molar refractivity (Wildman–Crippen MR) is 89.2 cm³/mol. The van der Waals surface area contributed by atoms with Crippen molar-refractivity contribution in [2.75, 3.05) is 38.5 Å². The minimum Gasteiger partial charge on any atom is -0.375 e. The first-order chi connectivity index (χ1) is 11.4. The van der Waals surface area contributed by atoms with Gasteiger partial charge in [0.15, 0.2) is 5.13 Å². The smallest absolute Gasteiger partial charge is 0.265 e. The van der Waals surface area contributed by atoms with E-state index in [4.69, 9.17) is 10.5 Å². The normalized spacial score (nSPS) is 28.6. The first-order valence-corrected chi connectivity index (χ1v) is 10.4. The molecule has 24 heavy (non-hydrogen) atoms. The van der Waals surface area contributed by atoms with E-state index in [9.17, 15) is 13.2 Å². The number of amides is 1. The Balaban J connectivity index is 1.47. The summed E-state index contributed by atoms with van der Waals surface area (Å²) in [6.07, 6.45) is 3.64. The van der Waals surface area contributed by atoms with Crippen molar-refractivity contribution >= 4 is 32.4 Å². The second kappa shape index (κ2) is 5.65. The third-order valence-corrected chi connectivity index (χ3v) is 8.02. The van der Waals surface area contributed by atoms with Gasteiger partial charge in [-0.3, -0.25) is 4.79 Å². The molecule has 2 N–H and O–H groups in total. The van der Waals surface area contributed by atoms with Crippen molar-refractivity contribution in [1.29, 1.82) is 0 Å². The van der Waals surface area contributed by atoms with E-state index in [-0.39, 0.29) is 11.2 Å². The second-order valence-electron chi connectivity index (χ2n) is 6.65. The molecule has 1 amide bonds. The number of hydrogen-bond acceptors (Lipinski definition) is 7. The van der Waals surface area contributed by atoms with Crippen molar-refractivity contribution in [3.63, 3.8) is 0 Å². The molecule has 1 saturated carbocycles. The van der Waals surface area contributed by atoms with Gasteiger partial charge in [-0.05, 0) is 19.3 Å². The van der Waals surface area contributed by atoms with Crippen LogP contribution in [-0.4, -0.2) is 72.2 Å². The van der Waals surface area contributed by atoms with E-state index in [2.05, 4.69) is 4.98 Å². The number of morpholine rings is 1. The Morgan fingerprint density at radius 1 is 1.38 bits per heavy atom. The van der Waals surface area contributed by atoms with E-state index in [0.717, 1.165) is 24.2 Å². The van der Waals surface area contributed by atoms with Gasteiger partial charge in [-0.2, -0.15) is 4.31 Å². The fourth-order valence-corrected chi connectivity index (χ4v) is 5.96. The number of carbonyl (C=O) groups excluding carboxylic acids is 1. The van der Waals surface area contributed by atoms with Crippen LogP contribution < -0.4 is 5.73 Å². The number of nitrogens with two attached hydrogens (primary N) is 1. The first-order valence-electron chi connectivity index (χ1n) is 8.03. The number of aromatic nitrogens is 1. The van der Waals surface area contributed by atoms with Crippen molar-refractivity contribution in [2.24, 2.45) is 0 Å². The highest BCUT2D eigenvalue weighted by Gasteiger charge is 2.49. The summed E-state index contributed by atoms with van der Waals surface area (Å²) in [4.78, 5) is 18.7. The maximum atomic E-state index is 12.5. The molecule has 8 nitrogen and oxygen atoms in total. The van der Waals surface area contributed by atoms with E-state index in [1.54, 1.807) is 9.21 Å². The van der Waals surface area contributed by atoms with Gasteiger partial charge in [-0.15, -0.1) is 0 Å². The molecule has 1 aromatic rings. The van der Waals surface area contributed by atoms with Crippen LogP contribution in [-0.2, 0) is 14.8 Å². The highest BCUT2D eigenvalue weighted by molar-refractivity contribution is 7.90. The zero-order valence-electron chi connectivity index (χ0n) is 13.2. The number of likely N-dealkylation sites (tertiary alicyclic amines) is 1. The van der Waals surface area contributed by atoms with Gasteiger partial charge in [0.2, 0.25) is 10.0 Å². The van der Waals surface area contributed by atoms with Crippen molar-refractivity contribution in [3.05, 3.63) is 11.1 Å². The number of carbonyl (C=O) groups is 1. The Morgan fingerprint density at radius 3 is 2.83 bits per heavy atom. The Hall–Kier alpha value is -1.23. The van der Waals surface area contributed by atoms with E-state index in [0.29, 0.717) is 49.2 Å². The molecule has 2 aliphatic heterocycles. The molecule has 4 rings (SSSR count). The molecule has 10 heteroatoms. The van der Waals surface area contributed by atoms with Crippen molar-refractivity contribution in [2.45, 2.75) is 30.1 Å². The lowest BCUT2D eigenvalue weighted by Crippen LogP contribution is -2.55. The quantitative estimate of drug-likeness (QED) is 0.809. The van der Waals surface area contributed by atoms with Crippen LogP contribution in [0.4, 0.5) is 5.13 Å². The molecular weight excluding hydrogens is 352 g/mol. The molecule has 0 radical (unpaired) electrons. The average molecular weight is 372 g/mol. The summed E-state index contributed by atoms with van der Waals surface area (Å²) >= 11 is 1.16. The summed E-state index contributed by atoms with van der Waals surface area (Å²) < 4.78 is 32.5. The lowest BCUT2D eigenvalue weighted by atomic mass is 10.0. The number of ether oxygens (including phenoxy) is 1. The summed E-state index contributed by atoms with van der Waals surface area (Å²) in [7, 11) is -3.21. The van der Waals surface area contributed by atoms with E-state index in [1.807, 2.05) is 0 Å². The van der Waals surface area contributed by atoms with Gasteiger partial charge in [-0.1, -0.05) is 11.3 Å². The number of thiazole rings is 1. The van der Waals surface area contributed by atoms with Crippen LogP contribution in [0.15, 0.2) is 6.20 Å². The third-order valence-electron chi connectivity index (χ3n) is 4.86. The molecular formula is C14H20N4O4S2. The fourth-order valence-electron chi connectivity index (χ4n) is 3.41. The molecule has 132 valence electrons. The Kier molecular flexibility index (Phi) is 3.83. The predicted octanol–water partition coefficient (Wildman–Crippen LogP) is 0.134. The van der Waals surface area contributed by atoms with Crippen molar-refractivity contribution < 1.29 is 17.9 Å². The van der Waals surface area contributed by atoms with Gasteiger partial charge >= 0.3 is 0 Å². The maximum absolute atomic E-state index is 12.5. The minimum atomic E-state index is -3.21. The van der Waals surface area contributed by atoms with Gasteiger partial charge in [-0.25, -0.2) is 13.4 Å². The second-order valence-corrected chi connectivity index (χ2v) is 9.92. The summed E-state index contributed by atoms with van der Waals surface area (Å²) in [5.41, 5.74) is 5.00. The number of hydrogen-bond donors (Lipinski definition) is 1. The Morgan fingerprint density at radius 2 is 2.17 bits per heavy atom. The van der Waals surface area contributed by atoms with Gasteiger partial charge in [0.05, 0.1) is 24.6 Å². The van der Waals surface area contributed by atoms with Gasteiger partial charge in [0.25, 0.3) is 5.91 Å². The molecule has 1 spiro atoms. The number of anilines is 1. The highest BCUT2D eigenvalue weighted by atomic mass is 32.2. The number of sulfonamides is 1. The summed E-state index contributed by atoms with van der Waals surface area (Å²) in [6.45, 7) is 2.07. The molecule has 3 aliphatic rings. The van der Waals surface area contributed by atoms with Crippen LogP contribution in [0.5, 0.6) is 0 Å². The molecule has 0 aromatic carbocycles. The van der Waals surface area contributed by atoms with Crippen LogP contribution in [0.25, 0.3) is 0 Å². The molecule has 1 aliphatic carbocycles. The van der Waals surface area contributed by atoms with E-state index < -0.39 is 15.6 Å². The highest BCUT2D eigenvalue weighted by Crippen LogP contribution is 2.36. The van der Waals surface area contributed by atoms with Crippen molar-refractivity contribution in [1.82, 2.24) is 14.2 Å². The molecule has 3 fully saturated rings. The molecule has 2 saturated heterocycles. The number of rotatable bonds is 3. The summed E-state index contributed by atoms with van der Waals surface area (Å²) in [5, 5.41) is 0.148. The molecule has 1 aromatic heterocycles. The molecule has 1 atom stereocenters.